The molecule has 7 nitrogen and oxygen atoms in total. The van der Waals surface area contributed by atoms with Crippen LogP contribution in [0.5, 0.6) is 5.75 Å². The van der Waals surface area contributed by atoms with Crippen molar-refractivity contribution in [2.24, 2.45) is 10.7 Å². The summed E-state index contributed by atoms with van der Waals surface area (Å²) in [5, 5.41) is 5.65. The normalized spacial score (nSPS) is 11.2. The van der Waals surface area contributed by atoms with E-state index in [1.807, 2.05) is 45.0 Å². The van der Waals surface area contributed by atoms with Gasteiger partial charge in [0.1, 0.15) is 11.4 Å². The quantitative estimate of drug-likeness (QED) is 0.268. The van der Waals surface area contributed by atoms with E-state index in [-0.39, 0.29) is 24.0 Å². The van der Waals surface area contributed by atoms with Crippen molar-refractivity contribution in [1.82, 2.24) is 5.32 Å². The number of hydrogen-bond acceptors (Lipinski definition) is 4. The lowest BCUT2D eigenvalue weighted by Crippen LogP contribution is -2.33. The second-order valence-corrected chi connectivity index (χ2v) is 5.90. The fourth-order valence-electron chi connectivity index (χ4n) is 1.64. The molecule has 0 aliphatic heterocycles. The van der Waals surface area contributed by atoms with E-state index in [0.717, 1.165) is 11.4 Å². The van der Waals surface area contributed by atoms with Crippen LogP contribution in [0.1, 0.15) is 27.2 Å². The predicted octanol–water partition coefficient (Wildman–Crippen LogP) is 2.95. The van der Waals surface area contributed by atoms with Gasteiger partial charge in [-0.05, 0) is 51.5 Å². The highest BCUT2D eigenvalue weighted by atomic mass is 127. The van der Waals surface area contributed by atoms with E-state index in [1.54, 1.807) is 7.11 Å². The fraction of sp³-hybridized carbons (Fsp3) is 0.500. The minimum Gasteiger partial charge on any atom is -0.497 e. The van der Waals surface area contributed by atoms with E-state index in [0.29, 0.717) is 25.5 Å². The number of hydrogen-bond donors (Lipinski definition) is 3. The van der Waals surface area contributed by atoms with E-state index < -0.39 is 11.7 Å². The number of nitrogens with zero attached hydrogens (tertiary/aromatic N) is 1. The van der Waals surface area contributed by atoms with E-state index in [2.05, 4.69) is 15.6 Å². The van der Waals surface area contributed by atoms with Crippen molar-refractivity contribution in [2.45, 2.75) is 32.8 Å². The number of carbonyl (C=O) groups excluding carboxylic acids is 1. The first kappa shape index (κ1) is 22.3. The molecule has 0 saturated carbocycles. The van der Waals surface area contributed by atoms with Crippen LogP contribution in [-0.2, 0) is 4.74 Å². The van der Waals surface area contributed by atoms with Crippen molar-refractivity contribution >= 4 is 41.7 Å². The monoisotopic (exact) mass is 450 g/mol. The Morgan fingerprint density at radius 1 is 1.25 bits per heavy atom. The van der Waals surface area contributed by atoms with Gasteiger partial charge < -0.3 is 25.8 Å². The zero-order valence-corrected chi connectivity index (χ0v) is 16.9. The minimum atomic E-state index is -0.491. The molecule has 0 aliphatic carbocycles. The lowest BCUT2D eigenvalue weighted by Gasteiger charge is -2.19. The molecular weight excluding hydrogens is 423 g/mol. The predicted molar refractivity (Wildman–Crippen MR) is 107 cm³/mol. The summed E-state index contributed by atoms with van der Waals surface area (Å²) in [4.78, 5) is 15.6. The van der Waals surface area contributed by atoms with Gasteiger partial charge in [0.25, 0.3) is 0 Å². The first-order valence-electron chi connectivity index (χ1n) is 7.48. The van der Waals surface area contributed by atoms with Crippen LogP contribution in [0.25, 0.3) is 0 Å². The zero-order chi connectivity index (χ0) is 17.3. The number of aliphatic imine (C=N–C) groups is 1. The Morgan fingerprint density at radius 2 is 1.88 bits per heavy atom. The van der Waals surface area contributed by atoms with Crippen LogP contribution in [0.15, 0.2) is 29.3 Å². The first-order chi connectivity index (χ1) is 10.8. The first-order valence-corrected chi connectivity index (χ1v) is 7.48. The van der Waals surface area contributed by atoms with Gasteiger partial charge in [-0.1, -0.05) is 0 Å². The summed E-state index contributed by atoms with van der Waals surface area (Å²) >= 11 is 0. The van der Waals surface area contributed by atoms with Crippen molar-refractivity contribution in [3.05, 3.63) is 24.3 Å². The van der Waals surface area contributed by atoms with Crippen molar-refractivity contribution in [2.75, 3.05) is 25.5 Å². The molecule has 0 radical (unpaired) electrons. The van der Waals surface area contributed by atoms with E-state index in [4.69, 9.17) is 15.2 Å². The molecule has 0 heterocycles. The molecule has 136 valence electrons. The average Bonchev–Trinajstić information content (AvgIpc) is 2.46. The molecule has 0 bridgehead atoms. The van der Waals surface area contributed by atoms with Crippen LogP contribution >= 0.6 is 24.0 Å². The Balaban J connectivity index is 0.00000529. The molecule has 1 amide bonds. The standard InChI is InChI=1S/C16H26N4O3.HI/c1-16(2,3)23-15(21)19-11-5-10-18-14(17)20-12-6-8-13(22-4)9-7-12;/h6-9H,5,10-11H2,1-4H3,(H,19,21)(H3,17,18,20);1H. The van der Waals surface area contributed by atoms with Crippen LogP contribution in [0.4, 0.5) is 10.5 Å². The fourth-order valence-corrected chi connectivity index (χ4v) is 1.64. The van der Waals surface area contributed by atoms with Gasteiger partial charge in [-0.3, -0.25) is 4.99 Å². The number of alkyl carbamates (subject to hydrolysis) is 1. The van der Waals surface area contributed by atoms with Gasteiger partial charge in [-0.25, -0.2) is 4.79 Å². The molecule has 4 N–H and O–H groups in total. The number of amides is 1. The maximum atomic E-state index is 11.4. The molecule has 1 aromatic rings. The zero-order valence-electron chi connectivity index (χ0n) is 14.6. The van der Waals surface area contributed by atoms with E-state index in [1.165, 1.54) is 0 Å². The van der Waals surface area contributed by atoms with Gasteiger partial charge >= 0.3 is 6.09 Å². The van der Waals surface area contributed by atoms with Crippen LogP contribution in [0.2, 0.25) is 0 Å². The van der Waals surface area contributed by atoms with Crippen molar-refractivity contribution in [3.8, 4) is 5.75 Å². The molecule has 1 rings (SSSR count). The molecule has 0 aromatic heterocycles. The molecule has 0 saturated heterocycles. The van der Waals surface area contributed by atoms with Gasteiger partial charge in [0, 0.05) is 18.8 Å². The Hall–Kier alpha value is -1.71. The Bertz CT molecular complexity index is 527. The number of methoxy groups -OCH3 is 1. The lowest BCUT2D eigenvalue weighted by molar-refractivity contribution is 0.0527. The largest absolute Gasteiger partial charge is 0.497 e. The summed E-state index contributed by atoms with van der Waals surface area (Å²) in [6.45, 7) is 6.45. The summed E-state index contributed by atoms with van der Waals surface area (Å²) in [5.74, 6) is 1.10. The third-order valence-corrected chi connectivity index (χ3v) is 2.65. The van der Waals surface area contributed by atoms with Crippen LogP contribution in [0.3, 0.4) is 0 Å². The van der Waals surface area contributed by atoms with Gasteiger partial charge in [0.2, 0.25) is 0 Å². The van der Waals surface area contributed by atoms with Gasteiger partial charge in [-0.15, -0.1) is 24.0 Å². The van der Waals surface area contributed by atoms with E-state index >= 15 is 0 Å². The van der Waals surface area contributed by atoms with Crippen LogP contribution in [0, 0.1) is 0 Å². The number of carbonyl (C=O) groups is 1. The minimum absolute atomic E-state index is 0. The van der Waals surface area contributed by atoms with Crippen molar-refractivity contribution in [3.63, 3.8) is 0 Å². The molecule has 1 aromatic carbocycles. The topological polar surface area (TPSA) is 98.0 Å². The third-order valence-electron chi connectivity index (χ3n) is 2.65. The molecule has 0 unspecified atom stereocenters. The highest BCUT2D eigenvalue weighted by molar-refractivity contribution is 14.0. The SMILES string of the molecule is COc1ccc(NC(N)=NCCCNC(=O)OC(C)(C)C)cc1.I. The number of guanidine groups is 1. The van der Waals surface area contributed by atoms with Crippen molar-refractivity contribution < 1.29 is 14.3 Å². The highest BCUT2D eigenvalue weighted by Crippen LogP contribution is 2.14. The summed E-state index contributed by atoms with van der Waals surface area (Å²) in [6, 6.07) is 7.37. The molecule has 0 aliphatic rings. The number of nitrogens with two attached hydrogens (primary N) is 1. The summed E-state index contributed by atoms with van der Waals surface area (Å²) in [6.07, 6.45) is 0.246. The highest BCUT2D eigenvalue weighted by Gasteiger charge is 2.15. The average molecular weight is 450 g/mol. The maximum Gasteiger partial charge on any atom is 0.407 e. The van der Waals surface area contributed by atoms with E-state index in [9.17, 15) is 4.79 Å². The Labute approximate surface area is 160 Å². The molecule has 8 heteroatoms. The Kier molecular flexibility index (Phi) is 10.2. The number of nitrogens with one attached hydrogen (secondary N) is 2. The van der Waals surface area contributed by atoms with Crippen LogP contribution < -0.4 is 21.1 Å². The summed E-state index contributed by atoms with van der Waals surface area (Å²) in [5.41, 5.74) is 6.14. The number of benzene rings is 1. The van der Waals surface area contributed by atoms with Crippen molar-refractivity contribution in [1.29, 1.82) is 0 Å². The number of ether oxygens (including phenoxy) is 2. The maximum absolute atomic E-state index is 11.4. The second-order valence-electron chi connectivity index (χ2n) is 5.90. The smallest absolute Gasteiger partial charge is 0.407 e. The van der Waals surface area contributed by atoms with Gasteiger partial charge in [0.05, 0.1) is 7.11 Å². The number of anilines is 1. The molecule has 24 heavy (non-hydrogen) atoms. The van der Waals surface area contributed by atoms with Gasteiger partial charge in [0.15, 0.2) is 5.96 Å². The molecular formula is C16H27IN4O3. The van der Waals surface area contributed by atoms with Crippen LogP contribution in [-0.4, -0.2) is 37.9 Å². The third kappa shape index (κ3) is 10.1. The molecule has 0 atom stereocenters. The molecule has 0 fully saturated rings. The second kappa shape index (κ2) is 11.0. The molecule has 0 spiro atoms. The van der Waals surface area contributed by atoms with Gasteiger partial charge in [-0.2, -0.15) is 0 Å². The Morgan fingerprint density at radius 3 is 2.42 bits per heavy atom. The lowest BCUT2D eigenvalue weighted by atomic mass is 10.2. The summed E-state index contributed by atoms with van der Waals surface area (Å²) < 4.78 is 10.2. The summed E-state index contributed by atoms with van der Waals surface area (Å²) in [7, 11) is 1.61. The number of rotatable bonds is 6. The number of halogens is 1.